The van der Waals surface area contributed by atoms with Gasteiger partial charge in [0, 0.05) is 18.3 Å². The molecule has 0 amide bonds. The average Bonchev–Trinajstić information content (AvgIpc) is 2.60. The predicted octanol–water partition coefficient (Wildman–Crippen LogP) is 1.26. The minimum atomic E-state index is -0.386. The second kappa shape index (κ2) is 8.26. The first-order chi connectivity index (χ1) is 11.5. The SMILES string of the molecule is COc1cc(C[NH+](C)CCc2ccccn2)c([N+](=O)[O-])cc1OC. The van der Waals surface area contributed by atoms with Gasteiger partial charge in [-0.2, -0.15) is 0 Å². The van der Waals surface area contributed by atoms with Crippen LogP contribution in [0, 0.1) is 10.1 Å². The molecule has 0 saturated carbocycles. The molecule has 7 heteroatoms. The van der Waals surface area contributed by atoms with Gasteiger partial charge in [0.25, 0.3) is 5.69 Å². The van der Waals surface area contributed by atoms with E-state index in [1.807, 2.05) is 25.2 Å². The molecule has 0 aliphatic carbocycles. The molecule has 1 aromatic carbocycles. The highest BCUT2D eigenvalue weighted by molar-refractivity contribution is 5.54. The maximum atomic E-state index is 11.3. The zero-order chi connectivity index (χ0) is 17.5. The summed E-state index contributed by atoms with van der Waals surface area (Å²) in [5, 5.41) is 11.3. The first-order valence-electron chi connectivity index (χ1n) is 7.65. The lowest BCUT2D eigenvalue weighted by Gasteiger charge is -2.15. The van der Waals surface area contributed by atoms with Gasteiger partial charge in [-0.05, 0) is 18.2 Å². The van der Waals surface area contributed by atoms with Crippen LogP contribution in [0.15, 0.2) is 36.5 Å². The van der Waals surface area contributed by atoms with Crippen molar-refractivity contribution < 1.29 is 19.3 Å². The van der Waals surface area contributed by atoms with Gasteiger partial charge in [-0.1, -0.05) is 6.07 Å². The molecule has 1 unspecified atom stereocenters. The van der Waals surface area contributed by atoms with Gasteiger partial charge in [-0.25, -0.2) is 0 Å². The van der Waals surface area contributed by atoms with E-state index in [1.54, 1.807) is 12.3 Å². The molecule has 128 valence electrons. The lowest BCUT2D eigenvalue weighted by Crippen LogP contribution is -3.07. The normalized spacial score (nSPS) is 11.8. The monoisotopic (exact) mass is 332 g/mol. The molecule has 24 heavy (non-hydrogen) atoms. The van der Waals surface area contributed by atoms with Gasteiger partial charge in [0.2, 0.25) is 0 Å². The number of nitrogens with zero attached hydrogens (tertiary/aromatic N) is 2. The van der Waals surface area contributed by atoms with Crippen molar-refractivity contribution in [2.24, 2.45) is 0 Å². The van der Waals surface area contributed by atoms with Crippen molar-refractivity contribution >= 4 is 5.69 Å². The van der Waals surface area contributed by atoms with Crippen molar-refractivity contribution in [3.8, 4) is 11.5 Å². The number of nitro benzene ring substituents is 1. The summed E-state index contributed by atoms with van der Waals surface area (Å²) < 4.78 is 10.4. The summed E-state index contributed by atoms with van der Waals surface area (Å²) in [5.41, 5.74) is 1.68. The molecule has 0 fully saturated rings. The Morgan fingerprint density at radius 2 is 1.92 bits per heavy atom. The van der Waals surface area contributed by atoms with Crippen LogP contribution in [0.5, 0.6) is 11.5 Å². The number of benzene rings is 1. The van der Waals surface area contributed by atoms with E-state index in [9.17, 15) is 10.1 Å². The van der Waals surface area contributed by atoms with Crippen LogP contribution in [-0.4, -0.2) is 37.7 Å². The van der Waals surface area contributed by atoms with E-state index >= 15 is 0 Å². The van der Waals surface area contributed by atoms with E-state index in [-0.39, 0.29) is 10.6 Å². The molecular formula is C17H22N3O4+. The van der Waals surface area contributed by atoms with Gasteiger partial charge < -0.3 is 14.4 Å². The smallest absolute Gasteiger partial charge is 0.282 e. The number of hydrogen-bond acceptors (Lipinski definition) is 5. The van der Waals surface area contributed by atoms with Crippen molar-refractivity contribution in [1.82, 2.24) is 4.98 Å². The number of methoxy groups -OCH3 is 2. The van der Waals surface area contributed by atoms with Crippen molar-refractivity contribution in [3.63, 3.8) is 0 Å². The number of pyridine rings is 1. The largest absolute Gasteiger partial charge is 0.493 e. The average molecular weight is 332 g/mol. The van der Waals surface area contributed by atoms with Gasteiger partial charge in [-0.15, -0.1) is 0 Å². The van der Waals surface area contributed by atoms with Crippen molar-refractivity contribution in [2.45, 2.75) is 13.0 Å². The Morgan fingerprint density at radius 3 is 2.50 bits per heavy atom. The number of hydrogen-bond donors (Lipinski definition) is 1. The summed E-state index contributed by atoms with van der Waals surface area (Å²) in [6.45, 7) is 1.34. The second-order valence-electron chi connectivity index (χ2n) is 5.55. The van der Waals surface area contributed by atoms with Crippen molar-refractivity contribution in [3.05, 3.63) is 57.9 Å². The van der Waals surface area contributed by atoms with Gasteiger partial charge in [0.1, 0.15) is 6.54 Å². The Hall–Kier alpha value is -2.67. The number of rotatable bonds is 8. The van der Waals surface area contributed by atoms with Crippen LogP contribution in [0.4, 0.5) is 5.69 Å². The first-order valence-corrected chi connectivity index (χ1v) is 7.65. The fourth-order valence-electron chi connectivity index (χ4n) is 2.52. The van der Waals surface area contributed by atoms with E-state index < -0.39 is 0 Å². The van der Waals surface area contributed by atoms with Crippen molar-refractivity contribution in [1.29, 1.82) is 0 Å². The number of aromatic nitrogens is 1. The highest BCUT2D eigenvalue weighted by atomic mass is 16.6. The van der Waals surface area contributed by atoms with Gasteiger partial charge >= 0.3 is 0 Å². The molecule has 0 bridgehead atoms. The lowest BCUT2D eigenvalue weighted by molar-refractivity contribution is -0.893. The summed E-state index contributed by atoms with van der Waals surface area (Å²) in [6.07, 6.45) is 2.58. The molecule has 0 saturated heterocycles. The third-order valence-electron chi connectivity index (χ3n) is 3.81. The van der Waals surface area contributed by atoms with E-state index in [0.717, 1.165) is 23.6 Å². The quantitative estimate of drug-likeness (QED) is 0.582. The Bertz CT molecular complexity index is 692. The summed E-state index contributed by atoms with van der Waals surface area (Å²) in [5.74, 6) is 0.856. The maximum absolute atomic E-state index is 11.3. The van der Waals surface area contributed by atoms with Crippen LogP contribution in [0.25, 0.3) is 0 Å². The summed E-state index contributed by atoms with van der Waals surface area (Å²) >= 11 is 0. The summed E-state index contributed by atoms with van der Waals surface area (Å²) in [6, 6.07) is 8.91. The Kier molecular flexibility index (Phi) is 6.08. The highest BCUT2D eigenvalue weighted by Gasteiger charge is 2.22. The molecule has 2 rings (SSSR count). The highest BCUT2D eigenvalue weighted by Crippen LogP contribution is 2.34. The van der Waals surface area contributed by atoms with E-state index in [4.69, 9.17) is 9.47 Å². The molecule has 0 spiro atoms. The van der Waals surface area contributed by atoms with E-state index in [1.165, 1.54) is 20.3 Å². The molecule has 2 aromatic rings. The number of nitro groups is 1. The second-order valence-corrected chi connectivity index (χ2v) is 5.55. The van der Waals surface area contributed by atoms with E-state index in [0.29, 0.717) is 23.6 Å². The van der Waals surface area contributed by atoms with Gasteiger partial charge in [0.15, 0.2) is 11.5 Å². The van der Waals surface area contributed by atoms with Crippen LogP contribution in [0.2, 0.25) is 0 Å². The Labute approximate surface area is 141 Å². The maximum Gasteiger partial charge on any atom is 0.282 e. The molecule has 0 aliphatic heterocycles. The van der Waals surface area contributed by atoms with Crippen LogP contribution < -0.4 is 14.4 Å². The molecule has 0 aliphatic rings. The Morgan fingerprint density at radius 1 is 1.21 bits per heavy atom. The predicted molar refractivity (Wildman–Crippen MR) is 89.6 cm³/mol. The molecule has 0 radical (unpaired) electrons. The third kappa shape index (κ3) is 4.42. The standard InChI is InChI=1S/C17H21N3O4/c1-19(9-7-14-6-4-5-8-18-14)12-13-10-16(23-2)17(24-3)11-15(13)20(21)22/h4-6,8,10-11H,7,9,12H2,1-3H3/p+1. The fraction of sp³-hybridized carbons (Fsp3) is 0.353. The van der Waals surface area contributed by atoms with Crippen LogP contribution in [-0.2, 0) is 13.0 Å². The topological polar surface area (TPSA) is 78.9 Å². The lowest BCUT2D eigenvalue weighted by atomic mass is 10.1. The molecule has 1 heterocycles. The number of nitrogens with one attached hydrogen (secondary N) is 1. The van der Waals surface area contributed by atoms with Crippen LogP contribution in [0.1, 0.15) is 11.3 Å². The minimum absolute atomic E-state index is 0.0461. The first kappa shape index (κ1) is 17.7. The number of quaternary nitrogens is 1. The van der Waals surface area contributed by atoms with Crippen LogP contribution >= 0.6 is 0 Å². The van der Waals surface area contributed by atoms with Gasteiger partial charge in [-0.3, -0.25) is 15.1 Å². The molecule has 1 N–H and O–H groups in total. The number of likely N-dealkylation sites (N-methyl/N-ethyl adjacent to an activating group) is 1. The fourth-order valence-corrected chi connectivity index (χ4v) is 2.52. The Balaban J connectivity index is 2.13. The number of ether oxygens (including phenoxy) is 2. The van der Waals surface area contributed by atoms with Gasteiger partial charge in [0.05, 0.1) is 44.4 Å². The van der Waals surface area contributed by atoms with Crippen molar-refractivity contribution in [2.75, 3.05) is 27.8 Å². The summed E-state index contributed by atoms with van der Waals surface area (Å²) in [7, 11) is 4.99. The minimum Gasteiger partial charge on any atom is -0.493 e. The summed E-state index contributed by atoms with van der Waals surface area (Å²) in [4.78, 5) is 16.4. The molecular weight excluding hydrogens is 310 g/mol. The zero-order valence-corrected chi connectivity index (χ0v) is 14.1. The van der Waals surface area contributed by atoms with Crippen LogP contribution in [0.3, 0.4) is 0 Å². The molecule has 1 aromatic heterocycles. The van der Waals surface area contributed by atoms with E-state index in [2.05, 4.69) is 4.98 Å². The zero-order valence-electron chi connectivity index (χ0n) is 14.1. The molecule has 1 atom stereocenters. The third-order valence-corrected chi connectivity index (χ3v) is 3.81. The molecule has 7 nitrogen and oxygen atoms in total.